The van der Waals surface area contributed by atoms with Crippen LogP contribution in [-0.2, 0) is 32.3 Å². The molecule has 170 valence electrons. The van der Waals surface area contributed by atoms with E-state index in [9.17, 15) is 8.42 Å². The Morgan fingerprint density at radius 1 is 1.16 bits per heavy atom. The first kappa shape index (κ1) is 23.8. The topological polar surface area (TPSA) is 106 Å². The summed E-state index contributed by atoms with van der Waals surface area (Å²) in [6.07, 6.45) is 2.83. The number of hydrogen-bond donors (Lipinski definition) is 1. The normalized spacial score (nSPS) is 18.9. The number of nitrogens with zero attached hydrogens (tertiary/aromatic N) is 2. The van der Waals surface area contributed by atoms with Gasteiger partial charge in [0.15, 0.2) is 5.03 Å². The molecule has 3 rings (SSSR count). The van der Waals surface area contributed by atoms with E-state index >= 15 is 0 Å². The van der Waals surface area contributed by atoms with Crippen molar-refractivity contribution in [3.8, 4) is 5.75 Å². The monoisotopic (exact) mass is 449 g/mol. The lowest BCUT2D eigenvalue weighted by Gasteiger charge is -2.32. The summed E-state index contributed by atoms with van der Waals surface area (Å²) in [5, 5.41) is 9.62. The highest BCUT2D eigenvalue weighted by atomic mass is 32.2. The first-order valence-corrected chi connectivity index (χ1v) is 11.9. The van der Waals surface area contributed by atoms with Gasteiger partial charge >= 0.3 is 7.12 Å². The summed E-state index contributed by atoms with van der Waals surface area (Å²) in [5.41, 5.74) is 0.746. The summed E-state index contributed by atoms with van der Waals surface area (Å²) in [6.45, 7) is 10.7. The van der Waals surface area contributed by atoms with Crippen molar-refractivity contribution in [3.63, 3.8) is 0 Å². The molecule has 1 aromatic heterocycles. The molecule has 0 bridgehead atoms. The summed E-state index contributed by atoms with van der Waals surface area (Å²) >= 11 is 0. The zero-order valence-electron chi connectivity index (χ0n) is 19.1. The standard InChI is InChI=1S/C21H32BN3O5S/c1-15(12-22-29-20(2,3)21(4,5)30-22)13-25-14-17(19(24-25)31(23,26)27)11-16-7-9-18(28-6)10-8-16/h7-10,14-15H,11-13H2,1-6H3,(H2,23,26,27). The molecule has 2 heterocycles. The van der Waals surface area contributed by atoms with Crippen LogP contribution in [0, 0.1) is 5.92 Å². The number of ether oxygens (including phenoxy) is 1. The minimum atomic E-state index is -3.94. The summed E-state index contributed by atoms with van der Waals surface area (Å²) in [5.74, 6) is 0.888. The molecule has 2 N–H and O–H groups in total. The second kappa shape index (κ2) is 8.57. The Hall–Kier alpha value is -1.88. The fourth-order valence-corrected chi connectivity index (χ4v) is 4.36. The van der Waals surface area contributed by atoms with E-state index < -0.39 is 10.0 Å². The third-order valence-electron chi connectivity index (χ3n) is 6.02. The molecule has 0 spiro atoms. The molecule has 0 radical (unpaired) electrons. The molecule has 31 heavy (non-hydrogen) atoms. The van der Waals surface area contributed by atoms with E-state index in [0.717, 1.165) is 11.3 Å². The van der Waals surface area contributed by atoms with Gasteiger partial charge in [0.1, 0.15) is 5.75 Å². The Balaban J connectivity index is 1.73. The first-order valence-electron chi connectivity index (χ1n) is 10.4. The van der Waals surface area contributed by atoms with E-state index in [1.165, 1.54) is 0 Å². The van der Waals surface area contributed by atoms with Gasteiger partial charge in [0.2, 0.25) is 0 Å². The molecule has 1 atom stereocenters. The lowest BCUT2D eigenvalue weighted by molar-refractivity contribution is 0.00578. The van der Waals surface area contributed by atoms with Gasteiger partial charge in [0.05, 0.1) is 18.3 Å². The largest absolute Gasteiger partial charge is 0.497 e. The second-order valence-corrected chi connectivity index (χ2v) is 10.8. The van der Waals surface area contributed by atoms with Crippen molar-refractivity contribution in [1.82, 2.24) is 9.78 Å². The molecule has 8 nitrogen and oxygen atoms in total. The first-order chi connectivity index (χ1) is 14.3. The van der Waals surface area contributed by atoms with Crippen molar-refractivity contribution in [2.24, 2.45) is 11.1 Å². The summed E-state index contributed by atoms with van der Waals surface area (Å²) in [6, 6.07) is 7.46. The number of hydrogen-bond acceptors (Lipinski definition) is 6. The van der Waals surface area contributed by atoms with Gasteiger partial charge in [-0.25, -0.2) is 13.6 Å². The van der Waals surface area contributed by atoms with Crippen molar-refractivity contribution >= 4 is 17.1 Å². The summed E-state index contributed by atoms with van der Waals surface area (Å²) < 4.78 is 43.2. The minimum absolute atomic E-state index is 0.0915. The van der Waals surface area contributed by atoms with Crippen LogP contribution in [0.5, 0.6) is 5.75 Å². The average Bonchev–Trinajstić information content (AvgIpc) is 3.12. The van der Waals surface area contributed by atoms with Crippen molar-refractivity contribution in [1.29, 1.82) is 0 Å². The zero-order chi connectivity index (χ0) is 23.0. The van der Waals surface area contributed by atoms with Crippen LogP contribution < -0.4 is 9.88 Å². The number of aromatic nitrogens is 2. The number of sulfonamides is 1. The molecule has 1 aromatic carbocycles. The second-order valence-electron chi connectivity index (χ2n) is 9.28. The van der Waals surface area contributed by atoms with E-state index in [1.54, 1.807) is 18.0 Å². The Kier molecular flexibility index (Phi) is 6.58. The van der Waals surface area contributed by atoms with E-state index in [-0.39, 0.29) is 29.3 Å². The molecular formula is C21H32BN3O5S. The SMILES string of the molecule is COc1ccc(Cc2cn(CC(C)CB3OC(C)(C)C(C)(C)O3)nc2S(N)(=O)=O)cc1. The van der Waals surface area contributed by atoms with Crippen LogP contribution >= 0.6 is 0 Å². The van der Waals surface area contributed by atoms with Crippen LogP contribution in [0.2, 0.25) is 6.32 Å². The van der Waals surface area contributed by atoms with Crippen molar-refractivity contribution in [3.05, 3.63) is 41.6 Å². The van der Waals surface area contributed by atoms with Crippen LogP contribution in [0.25, 0.3) is 0 Å². The lowest BCUT2D eigenvalue weighted by Crippen LogP contribution is -2.41. The van der Waals surface area contributed by atoms with Gasteiger partial charge in [0.25, 0.3) is 10.0 Å². The number of primary sulfonamides is 1. The van der Waals surface area contributed by atoms with Gasteiger partial charge in [-0.15, -0.1) is 0 Å². The predicted molar refractivity (Wildman–Crippen MR) is 119 cm³/mol. The van der Waals surface area contributed by atoms with Crippen molar-refractivity contribution in [2.75, 3.05) is 7.11 Å². The maximum atomic E-state index is 12.1. The summed E-state index contributed by atoms with van der Waals surface area (Å²) in [7, 11) is -2.65. The molecule has 0 saturated carbocycles. The molecule has 0 amide bonds. The lowest BCUT2D eigenvalue weighted by atomic mass is 9.78. The van der Waals surface area contributed by atoms with Crippen LogP contribution in [-0.4, -0.2) is 43.6 Å². The third kappa shape index (κ3) is 5.49. The molecule has 10 heteroatoms. The fraction of sp³-hybridized carbons (Fsp3) is 0.571. The van der Waals surface area contributed by atoms with Crippen LogP contribution in [0.1, 0.15) is 45.7 Å². The average molecular weight is 449 g/mol. The highest BCUT2D eigenvalue weighted by Gasteiger charge is 2.51. The number of methoxy groups -OCH3 is 1. The number of nitrogens with two attached hydrogens (primary N) is 1. The molecular weight excluding hydrogens is 417 g/mol. The Morgan fingerprint density at radius 3 is 2.26 bits per heavy atom. The van der Waals surface area contributed by atoms with E-state index in [0.29, 0.717) is 24.8 Å². The Morgan fingerprint density at radius 2 is 1.74 bits per heavy atom. The van der Waals surface area contributed by atoms with E-state index in [4.69, 9.17) is 19.2 Å². The van der Waals surface area contributed by atoms with E-state index in [2.05, 4.69) is 12.0 Å². The van der Waals surface area contributed by atoms with Gasteiger partial charge in [-0.05, 0) is 57.6 Å². The van der Waals surface area contributed by atoms with E-state index in [1.807, 2.05) is 52.0 Å². The quantitative estimate of drug-likeness (QED) is 0.622. The Bertz CT molecular complexity index is 1000. The number of rotatable bonds is 8. The van der Waals surface area contributed by atoms with Crippen LogP contribution in [0.4, 0.5) is 0 Å². The highest BCUT2D eigenvalue weighted by Crippen LogP contribution is 2.38. The van der Waals surface area contributed by atoms with Crippen LogP contribution in [0.15, 0.2) is 35.5 Å². The molecule has 1 aliphatic heterocycles. The number of benzene rings is 1. The summed E-state index contributed by atoms with van der Waals surface area (Å²) in [4.78, 5) is 0. The van der Waals surface area contributed by atoms with Gasteiger partial charge in [0, 0.05) is 24.7 Å². The smallest absolute Gasteiger partial charge is 0.458 e. The molecule has 1 saturated heterocycles. The molecule has 1 fully saturated rings. The van der Waals surface area contributed by atoms with Gasteiger partial charge < -0.3 is 14.0 Å². The highest BCUT2D eigenvalue weighted by molar-refractivity contribution is 7.89. The third-order valence-corrected chi connectivity index (χ3v) is 6.90. The van der Waals surface area contributed by atoms with Gasteiger partial charge in [-0.3, -0.25) is 4.68 Å². The molecule has 0 aliphatic carbocycles. The predicted octanol–water partition coefficient (Wildman–Crippen LogP) is 2.86. The van der Waals surface area contributed by atoms with Gasteiger partial charge in [-0.1, -0.05) is 19.1 Å². The van der Waals surface area contributed by atoms with Gasteiger partial charge in [-0.2, -0.15) is 5.10 Å². The van der Waals surface area contributed by atoms with Crippen molar-refractivity contribution < 1.29 is 22.5 Å². The van der Waals surface area contributed by atoms with Crippen LogP contribution in [0.3, 0.4) is 0 Å². The maximum Gasteiger partial charge on any atom is 0.458 e. The van der Waals surface area contributed by atoms with Crippen molar-refractivity contribution in [2.45, 2.75) is 70.1 Å². The molecule has 2 aromatic rings. The molecule has 1 aliphatic rings. The Labute approximate surface area is 185 Å². The molecule has 1 unspecified atom stereocenters. The maximum absolute atomic E-state index is 12.1. The fourth-order valence-electron chi connectivity index (χ4n) is 3.65. The zero-order valence-corrected chi connectivity index (χ0v) is 19.9. The minimum Gasteiger partial charge on any atom is -0.497 e.